The maximum absolute atomic E-state index is 11.2. The largest absolute Gasteiger partial charge is 0.478 e. The van der Waals surface area contributed by atoms with E-state index in [-0.39, 0.29) is 11.1 Å². The van der Waals surface area contributed by atoms with Gasteiger partial charge in [0.25, 0.3) is 0 Å². The Morgan fingerprint density at radius 1 is 1.13 bits per heavy atom. The van der Waals surface area contributed by atoms with E-state index in [2.05, 4.69) is 10.5 Å². The summed E-state index contributed by atoms with van der Waals surface area (Å²) in [5, 5.41) is 8.72. The lowest BCUT2D eigenvalue weighted by Gasteiger charge is -2.02. The van der Waals surface area contributed by atoms with Crippen molar-refractivity contribution in [3.63, 3.8) is 0 Å². The number of carbonyl (C=O) groups excluding carboxylic acids is 2. The quantitative estimate of drug-likeness (QED) is 0.548. The van der Waals surface area contributed by atoms with E-state index < -0.39 is 18.0 Å². The fourth-order valence-corrected chi connectivity index (χ4v) is 0.994. The van der Waals surface area contributed by atoms with Crippen LogP contribution in [-0.2, 0) is 4.74 Å². The Labute approximate surface area is 84.3 Å². The van der Waals surface area contributed by atoms with Crippen molar-refractivity contribution in [1.82, 2.24) is 0 Å². The van der Waals surface area contributed by atoms with Crippen LogP contribution in [0, 0.1) is 0 Å². The zero-order valence-corrected chi connectivity index (χ0v) is 7.47. The molecule has 0 atom stereocenters. The average molecular weight is 209 g/mol. The van der Waals surface area contributed by atoms with Crippen LogP contribution in [0.5, 0.6) is 0 Å². The first-order valence-electron chi connectivity index (χ1n) is 3.86. The topological polar surface area (TPSA) is 107 Å². The number of amides is 1. The summed E-state index contributed by atoms with van der Waals surface area (Å²) in [6, 6.07) is 5.35. The lowest BCUT2D eigenvalue weighted by Crippen LogP contribution is -2.20. The minimum Gasteiger partial charge on any atom is -0.478 e. The highest BCUT2D eigenvalue weighted by Crippen LogP contribution is 2.10. The Morgan fingerprint density at radius 3 is 2.13 bits per heavy atom. The van der Waals surface area contributed by atoms with Crippen molar-refractivity contribution in [2.75, 3.05) is 0 Å². The summed E-state index contributed by atoms with van der Waals surface area (Å²) in [6.07, 6.45) is -1.28. The van der Waals surface area contributed by atoms with Gasteiger partial charge in [0.1, 0.15) is 0 Å². The van der Waals surface area contributed by atoms with Gasteiger partial charge in [0, 0.05) is 0 Å². The Balaban J connectivity index is 3.08. The lowest BCUT2D eigenvalue weighted by atomic mass is 10.1. The normalized spacial score (nSPS) is 9.33. The van der Waals surface area contributed by atoms with Crippen molar-refractivity contribution in [2.45, 2.75) is 0 Å². The van der Waals surface area contributed by atoms with Gasteiger partial charge in [-0.25, -0.2) is 14.4 Å². The van der Waals surface area contributed by atoms with Gasteiger partial charge in [0.2, 0.25) is 0 Å². The summed E-state index contributed by atoms with van der Waals surface area (Å²) in [5.41, 5.74) is 4.16. The zero-order valence-electron chi connectivity index (χ0n) is 7.47. The molecule has 0 aromatic heterocycles. The van der Waals surface area contributed by atoms with Crippen LogP contribution in [0.3, 0.4) is 0 Å². The number of nitrogens with two attached hydrogens (primary N) is 1. The third kappa shape index (κ3) is 2.53. The number of carbonyl (C=O) groups is 3. The smallest absolute Gasteiger partial charge is 0.412 e. The molecule has 0 fully saturated rings. The minimum absolute atomic E-state index is 0.219. The molecule has 0 unspecified atom stereocenters. The summed E-state index contributed by atoms with van der Waals surface area (Å²) in [6.45, 7) is 0. The molecule has 6 nitrogen and oxygen atoms in total. The summed E-state index contributed by atoms with van der Waals surface area (Å²) < 4.78 is 4.06. The van der Waals surface area contributed by atoms with Crippen LogP contribution in [-0.4, -0.2) is 23.1 Å². The zero-order chi connectivity index (χ0) is 11.4. The van der Waals surface area contributed by atoms with Crippen LogP contribution in [0.4, 0.5) is 4.79 Å². The van der Waals surface area contributed by atoms with Crippen molar-refractivity contribution >= 4 is 18.0 Å². The molecule has 15 heavy (non-hydrogen) atoms. The number of aromatic carboxylic acids is 1. The Morgan fingerprint density at radius 2 is 1.67 bits per heavy atom. The molecule has 0 saturated carbocycles. The SMILES string of the molecule is NC(=O)OC(=O)c1ccccc1C(=O)O. The molecule has 0 aliphatic heterocycles. The molecule has 0 bridgehead atoms. The van der Waals surface area contributed by atoms with Crippen LogP contribution < -0.4 is 5.73 Å². The molecule has 0 radical (unpaired) electrons. The Bertz CT molecular complexity index is 426. The molecular formula is C9H7NO5. The van der Waals surface area contributed by atoms with Crippen LogP contribution in [0.25, 0.3) is 0 Å². The first-order valence-corrected chi connectivity index (χ1v) is 3.86. The molecule has 0 spiro atoms. The first-order chi connectivity index (χ1) is 7.02. The molecular weight excluding hydrogens is 202 g/mol. The Hall–Kier alpha value is -2.37. The summed E-state index contributed by atoms with van der Waals surface area (Å²) in [4.78, 5) is 32.2. The van der Waals surface area contributed by atoms with Gasteiger partial charge in [-0.15, -0.1) is 0 Å². The predicted molar refractivity (Wildman–Crippen MR) is 48.4 cm³/mol. The molecule has 1 amide bonds. The van der Waals surface area contributed by atoms with E-state index in [9.17, 15) is 14.4 Å². The standard InChI is InChI=1S/C9H7NO5/c10-9(14)15-8(13)6-4-2-1-3-5(6)7(11)12/h1-4H,(H2,10,14)(H,11,12). The number of hydrogen-bond acceptors (Lipinski definition) is 4. The minimum atomic E-state index is -1.29. The third-order valence-corrected chi connectivity index (χ3v) is 1.57. The number of esters is 1. The number of ether oxygens (including phenoxy) is 1. The molecule has 1 aromatic carbocycles. The summed E-state index contributed by atoms with van der Waals surface area (Å²) >= 11 is 0. The maximum atomic E-state index is 11.2. The molecule has 6 heteroatoms. The van der Waals surface area contributed by atoms with E-state index in [4.69, 9.17) is 5.11 Å². The highest BCUT2D eigenvalue weighted by Gasteiger charge is 2.18. The van der Waals surface area contributed by atoms with Gasteiger partial charge in [0.05, 0.1) is 11.1 Å². The molecule has 1 aromatic rings. The van der Waals surface area contributed by atoms with E-state index >= 15 is 0 Å². The monoisotopic (exact) mass is 209 g/mol. The van der Waals surface area contributed by atoms with Crippen molar-refractivity contribution in [3.8, 4) is 0 Å². The van der Waals surface area contributed by atoms with Gasteiger partial charge in [-0.3, -0.25) is 0 Å². The predicted octanol–water partition coefficient (Wildman–Crippen LogP) is 0.620. The fraction of sp³-hybridized carbons (Fsp3) is 0. The number of rotatable bonds is 2. The van der Waals surface area contributed by atoms with Crippen LogP contribution in [0.1, 0.15) is 20.7 Å². The molecule has 78 valence electrons. The van der Waals surface area contributed by atoms with Crippen molar-refractivity contribution in [1.29, 1.82) is 0 Å². The van der Waals surface area contributed by atoms with E-state index in [0.29, 0.717) is 0 Å². The van der Waals surface area contributed by atoms with E-state index in [0.717, 1.165) is 0 Å². The Kier molecular flexibility index (Phi) is 3.02. The maximum Gasteiger partial charge on any atom is 0.412 e. The fourth-order valence-electron chi connectivity index (χ4n) is 0.994. The van der Waals surface area contributed by atoms with Gasteiger partial charge >= 0.3 is 18.0 Å². The van der Waals surface area contributed by atoms with E-state index in [1.807, 2.05) is 0 Å². The van der Waals surface area contributed by atoms with Gasteiger partial charge < -0.3 is 15.6 Å². The van der Waals surface area contributed by atoms with Crippen LogP contribution in [0.2, 0.25) is 0 Å². The average Bonchev–Trinajstić information content (AvgIpc) is 2.16. The molecule has 1 rings (SSSR count). The molecule has 0 saturated heterocycles. The highest BCUT2D eigenvalue weighted by molar-refractivity contribution is 6.04. The second-order valence-electron chi connectivity index (χ2n) is 2.56. The number of benzene rings is 1. The number of hydrogen-bond donors (Lipinski definition) is 2. The highest BCUT2D eigenvalue weighted by atomic mass is 16.6. The molecule has 0 heterocycles. The van der Waals surface area contributed by atoms with Gasteiger partial charge in [-0.05, 0) is 12.1 Å². The molecule has 3 N–H and O–H groups in total. The molecule has 0 aliphatic carbocycles. The van der Waals surface area contributed by atoms with Gasteiger partial charge in [0.15, 0.2) is 0 Å². The summed E-state index contributed by atoms with van der Waals surface area (Å²) in [7, 11) is 0. The number of primary amides is 1. The first kappa shape index (κ1) is 10.7. The summed E-state index contributed by atoms with van der Waals surface area (Å²) in [5.74, 6) is -2.37. The van der Waals surface area contributed by atoms with Crippen molar-refractivity contribution < 1.29 is 24.2 Å². The van der Waals surface area contributed by atoms with Gasteiger partial charge in [-0.1, -0.05) is 12.1 Å². The van der Waals surface area contributed by atoms with Crippen molar-refractivity contribution in [2.24, 2.45) is 5.73 Å². The van der Waals surface area contributed by atoms with Gasteiger partial charge in [-0.2, -0.15) is 0 Å². The molecule has 0 aliphatic rings. The van der Waals surface area contributed by atoms with Crippen LogP contribution >= 0.6 is 0 Å². The van der Waals surface area contributed by atoms with E-state index in [1.54, 1.807) is 0 Å². The van der Waals surface area contributed by atoms with Crippen LogP contribution in [0.15, 0.2) is 24.3 Å². The second-order valence-corrected chi connectivity index (χ2v) is 2.56. The van der Waals surface area contributed by atoms with E-state index in [1.165, 1.54) is 24.3 Å². The third-order valence-electron chi connectivity index (χ3n) is 1.57. The van der Waals surface area contributed by atoms with Crippen molar-refractivity contribution in [3.05, 3.63) is 35.4 Å². The lowest BCUT2D eigenvalue weighted by molar-refractivity contribution is 0.0612. The second kappa shape index (κ2) is 4.23. The number of carboxylic acids is 1. The number of carboxylic acid groups (broad SMARTS) is 1.